The van der Waals surface area contributed by atoms with Crippen molar-refractivity contribution >= 4 is 12.1 Å². The van der Waals surface area contributed by atoms with Crippen LogP contribution in [0.25, 0.3) is 0 Å². The largest absolute Gasteiger partial charge is 0.444 e. The first-order chi connectivity index (χ1) is 11.0. The van der Waals surface area contributed by atoms with E-state index in [2.05, 4.69) is 10.6 Å². The molecular weight excluding hydrogens is 314 g/mol. The predicted molar refractivity (Wildman–Crippen MR) is 89.8 cm³/mol. The SMILES string of the molecule is COCCNC(=O)NC[C@H]1[C@H](C)OC(C)(C)N1C(=O)OC(C)(C)C. The lowest BCUT2D eigenvalue weighted by Crippen LogP contribution is -2.54. The van der Waals surface area contributed by atoms with Crippen LogP contribution in [0.15, 0.2) is 0 Å². The van der Waals surface area contributed by atoms with Gasteiger partial charge in [0.25, 0.3) is 0 Å². The van der Waals surface area contributed by atoms with E-state index in [4.69, 9.17) is 14.2 Å². The van der Waals surface area contributed by atoms with Gasteiger partial charge in [-0.15, -0.1) is 0 Å². The molecule has 2 N–H and O–H groups in total. The quantitative estimate of drug-likeness (QED) is 0.740. The number of amides is 3. The van der Waals surface area contributed by atoms with E-state index in [-0.39, 0.29) is 24.7 Å². The molecule has 1 rings (SSSR count). The number of hydrogen-bond donors (Lipinski definition) is 2. The van der Waals surface area contributed by atoms with Gasteiger partial charge in [0.05, 0.1) is 18.8 Å². The Balaban J connectivity index is 2.71. The molecule has 3 amide bonds. The Labute approximate surface area is 144 Å². The summed E-state index contributed by atoms with van der Waals surface area (Å²) in [4.78, 5) is 25.9. The molecule has 24 heavy (non-hydrogen) atoms. The highest BCUT2D eigenvalue weighted by molar-refractivity contribution is 5.74. The van der Waals surface area contributed by atoms with E-state index >= 15 is 0 Å². The van der Waals surface area contributed by atoms with Crippen molar-refractivity contribution in [3.8, 4) is 0 Å². The third-order valence-corrected chi connectivity index (χ3v) is 3.58. The number of carbonyl (C=O) groups excluding carboxylic acids is 2. The molecule has 1 fully saturated rings. The average molecular weight is 345 g/mol. The van der Waals surface area contributed by atoms with Crippen molar-refractivity contribution in [3.05, 3.63) is 0 Å². The van der Waals surface area contributed by atoms with Crippen LogP contribution in [-0.2, 0) is 14.2 Å². The summed E-state index contributed by atoms with van der Waals surface area (Å²) in [6.45, 7) is 12.1. The minimum absolute atomic E-state index is 0.230. The van der Waals surface area contributed by atoms with Gasteiger partial charge < -0.3 is 24.8 Å². The first kappa shape index (κ1) is 20.5. The normalized spacial score (nSPS) is 23.0. The molecule has 0 unspecified atom stereocenters. The zero-order valence-corrected chi connectivity index (χ0v) is 15.8. The number of methoxy groups -OCH3 is 1. The maximum absolute atomic E-state index is 12.6. The van der Waals surface area contributed by atoms with Crippen LogP contribution < -0.4 is 10.6 Å². The molecule has 0 aliphatic carbocycles. The topological polar surface area (TPSA) is 89.1 Å². The standard InChI is InChI=1S/C16H31N3O5/c1-11-12(10-18-13(20)17-8-9-22-7)19(16(5,6)23-11)14(21)24-15(2,3)4/h11-12H,8-10H2,1-7H3,(H2,17,18,20)/t11-,12-/m0/s1. The second-order valence-electron chi connectivity index (χ2n) is 7.32. The number of ether oxygens (including phenoxy) is 3. The van der Waals surface area contributed by atoms with Crippen molar-refractivity contribution in [3.63, 3.8) is 0 Å². The molecule has 1 heterocycles. The zero-order chi connectivity index (χ0) is 18.5. The third-order valence-electron chi connectivity index (χ3n) is 3.58. The van der Waals surface area contributed by atoms with E-state index in [1.165, 1.54) is 0 Å². The van der Waals surface area contributed by atoms with Gasteiger partial charge in [0.1, 0.15) is 11.3 Å². The molecule has 0 spiro atoms. The Morgan fingerprint density at radius 1 is 1.25 bits per heavy atom. The number of nitrogens with zero attached hydrogens (tertiary/aromatic N) is 1. The molecule has 0 radical (unpaired) electrons. The number of rotatable bonds is 5. The summed E-state index contributed by atoms with van der Waals surface area (Å²) in [7, 11) is 1.57. The van der Waals surface area contributed by atoms with E-state index in [0.717, 1.165) is 0 Å². The van der Waals surface area contributed by atoms with Crippen LogP contribution in [-0.4, -0.2) is 67.3 Å². The van der Waals surface area contributed by atoms with Gasteiger partial charge in [-0.05, 0) is 41.5 Å². The molecule has 0 saturated carbocycles. The van der Waals surface area contributed by atoms with Crippen LogP contribution in [0, 0.1) is 0 Å². The van der Waals surface area contributed by atoms with Crippen molar-refractivity contribution in [1.82, 2.24) is 15.5 Å². The smallest absolute Gasteiger partial charge is 0.412 e. The van der Waals surface area contributed by atoms with E-state index < -0.39 is 17.4 Å². The molecule has 8 heteroatoms. The minimum Gasteiger partial charge on any atom is -0.444 e. The van der Waals surface area contributed by atoms with Crippen LogP contribution in [0.3, 0.4) is 0 Å². The lowest BCUT2D eigenvalue weighted by Gasteiger charge is -2.35. The van der Waals surface area contributed by atoms with Crippen LogP contribution in [0.2, 0.25) is 0 Å². The van der Waals surface area contributed by atoms with E-state index in [0.29, 0.717) is 13.2 Å². The van der Waals surface area contributed by atoms with E-state index in [9.17, 15) is 9.59 Å². The maximum atomic E-state index is 12.6. The Hall–Kier alpha value is -1.54. The molecule has 0 aromatic carbocycles. The van der Waals surface area contributed by atoms with Gasteiger partial charge in [-0.1, -0.05) is 0 Å². The average Bonchev–Trinajstić information content (AvgIpc) is 2.63. The van der Waals surface area contributed by atoms with E-state index in [1.54, 1.807) is 12.0 Å². The third kappa shape index (κ3) is 5.83. The highest BCUT2D eigenvalue weighted by Crippen LogP contribution is 2.33. The van der Waals surface area contributed by atoms with E-state index in [1.807, 2.05) is 41.5 Å². The number of nitrogens with one attached hydrogen (secondary N) is 2. The fourth-order valence-corrected chi connectivity index (χ4v) is 2.65. The molecule has 0 aromatic heterocycles. The van der Waals surface area contributed by atoms with Gasteiger partial charge in [0, 0.05) is 20.2 Å². The lowest BCUT2D eigenvalue weighted by molar-refractivity contribution is -0.0756. The molecule has 140 valence electrons. The maximum Gasteiger partial charge on any atom is 0.412 e. The number of hydrogen-bond acceptors (Lipinski definition) is 5. The summed E-state index contributed by atoms with van der Waals surface area (Å²) in [6, 6.07) is -0.629. The Kier molecular flexibility index (Phi) is 6.86. The second-order valence-corrected chi connectivity index (χ2v) is 7.32. The van der Waals surface area contributed by atoms with Gasteiger partial charge in [0.2, 0.25) is 0 Å². The molecule has 1 saturated heterocycles. The summed E-state index contributed by atoms with van der Waals surface area (Å²) in [6.07, 6.45) is -0.685. The van der Waals surface area contributed by atoms with Crippen LogP contribution in [0.4, 0.5) is 9.59 Å². The van der Waals surface area contributed by atoms with Crippen LogP contribution in [0.5, 0.6) is 0 Å². The van der Waals surface area contributed by atoms with Crippen molar-refractivity contribution in [1.29, 1.82) is 0 Å². The molecule has 0 bridgehead atoms. The van der Waals surface area contributed by atoms with Crippen LogP contribution >= 0.6 is 0 Å². The summed E-state index contributed by atoms with van der Waals surface area (Å²) >= 11 is 0. The van der Waals surface area contributed by atoms with Crippen LogP contribution in [0.1, 0.15) is 41.5 Å². The Morgan fingerprint density at radius 3 is 2.42 bits per heavy atom. The Morgan fingerprint density at radius 2 is 1.88 bits per heavy atom. The van der Waals surface area contributed by atoms with Crippen molar-refractivity contribution < 1.29 is 23.8 Å². The highest BCUT2D eigenvalue weighted by atomic mass is 16.6. The molecular formula is C16H31N3O5. The fraction of sp³-hybridized carbons (Fsp3) is 0.875. The lowest BCUT2D eigenvalue weighted by atomic mass is 10.1. The minimum atomic E-state index is -0.805. The summed E-state index contributed by atoms with van der Waals surface area (Å²) in [5.41, 5.74) is -1.41. The molecule has 1 aliphatic rings. The molecule has 1 aliphatic heterocycles. The van der Waals surface area contributed by atoms with Gasteiger partial charge in [0.15, 0.2) is 0 Å². The first-order valence-corrected chi connectivity index (χ1v) is 8.18. The summed E-state index contributed by atoms with van der Waals surface area (Å²) < 4.78 is 16.2. The summed E-state index contributed by atoms with van der Waals surface area (Å²) in [5, 5.41) is 5.44. The summed E-state index contributed by atoms with van der Waals surface area (Å²) in [5.74, 6) is 0. The highest BCUT2D eigenvalue weighted by Gasteiger charge is 2.49. The van der Waals surface area contributed by atoms with Gasteiger partial charge in [-0.2, -0.15) is 0 Å². The van der Waals surface area contributed by atoms with Crippen molar-refractivity contribution in [2.45, 2.75) is 65.0 Å². The van der Waals surface area contributed by atoms with Crippen molar-refractivity contribution in [2.75, 3.05) is 26.8 Å². The monoisotopic (exact) mass is 345 g/mol. The number of carbonyl (C=O) groups is 2. The molecule has 2 atom stereocenters. The van der Waals surface area contributed by atoms with Gasteiger partial charge >= 0.3 is 12.1 Å². The van der Waals surface area contributed by atoms with Crippen molar-refractivity contribution in [2.24, 2.45) is 0 Å². The van der Waals surface area contributed by atoms with Gasteiger partial charge in [-0.25, -0.2) is 9.59 Å². The number of urea groups is 1. The molecule has 8 nitrogen and oxygen atoms in total. The fourth-order valence-electron chi connectivity index (χ4n) is 2.65. The zero-order valence-electron chi connectivity index (χ0n) is 15.8. The first-order valence-electron chi connectivity index (χ1n) is 8.18. The predicted octanol–water partition coefficient (Wildman–Crippen LogP) is 1.69. The second kappa shape index (κ2) is 8.02. The molecule has 0 aromatic rings. The Bertz CT molecular complexity index is 447. The van der Waals surface area contributed by atoms with Gasteiger partial charge in [-0.3, -0.25) is 4.90 Å².